The number of nitrogens with one attached hydrogen (secondary N) is 1. The Labute approximate surface area is 51.0 Å². The summed E-state index contributed by atoms with van der Waals surface area (Å²) in [4.78, 5) is 14.5. The molecule has 0 radical (unpaired) electrons. The van der Waals surface area contributed by atoms with Gasteiger partial charge in [-0.3, -0.25) is 0 Å². The highest BCUT2D eigenvalue weighted by Crippen LogP contribution is 1.99. The molecule has 2 rings (SSSR count). The number of rotatable bonds is 0. The molecule has 4 nitrogen and oxygen atoms in total. The molecule has 0 aliphatic carbocycles. The molecule has 1 N–H and O–H groups in total. The zero-order chi connectivity index (χ0) is 6.10. The minimum Gasteiger partial charge on any atom is -0.342 e. The first-order chi connectivity index (χ1) is 4.47. The van der Waals surface area contributed by atoms with Gasteiger partial charge in [-0.05, 0) is 0 Å². The van der Waals surface area contributed by atoms with Crippen LogP contribution in [0.3, 0.4) is 0 Å². The Balaban J connectivity index is 2.95. The summed E-state index contributed by atoms with van der Waals surface area (Å²) < 4.78 is 0. The highest BCUT2D eigenvalue weighted by Gasteiger charge is 1.91. The number of aromatic amines is 1. The Hall–Kier alpha value is -1.45. The highest BCUT2D eigenvalue weighted by atomic mass is 15.1. The minimum absolute atomic E-state index is 0.713. The zero-order valence-electron chi connectivity index (χ0n) is 4.57. The molecule has 9 heavy (non-hydrogen) atoms. The summed E-state index contributed by atoms with van der Waals surface area (Å²) >= 11 is 0. The molecule has 2 heterocycles. The Bertz CT molecular complexity index is 283. The molecule has 0 saturated heterocycles. The van der Waals surface area contributed by atoms with Gasteiger partial charge in [-0.15, -0.1) is 0 Å². The lowest BCUT2D eigenvalue weighted by Crippen LogP contribution is -1.76. The van der Waals surface area contributed by atoms with Crippen molar-refractivity contribution in [3.8, 4) is 0 Å². The van der Waals surface area contributed by atoms with Gasteiger partial charge in [0, 0.05) is 0 Å². The summed E-state index contributed by atoms with van der Waals surface area (Å²) in [7, 11) is 0. The van der Waals surface area contributed by atoms with Crippen LogP contribution in [-0.4, -0.2) is 19.9 Å². The second-order valence-corrected chi connectivity index (χ2v) is 1.66. The van der Waals surface area contributed by atoms with Crippen LogP contribution in [0.2, 0.25) is 0 Å². The molecule has 2 aromatic rings. The fraction of sp³-hybridized carbons (Fsp3) is 0. The average Bonchev–Trinajstić information content (AvgIpc) is 2.33. The standard InChI is InChI=1S/C5H4N4/c1-4-5(8-2-6-1)9-3-7-4/h1-3H,(H,6,7,8,9)/i3+1. The largest absolute Gasteiger partial charge is 0.342 e. The third kappa shape index (κ3) is 0.561. The summed E-state index contributed by atoms with van der Waals surface area (Å²) in [6.07, 6.45) is 4.76. The molecule has 0 aliphatic rings. The zero-order valence-corrected chi connectivity index (χ0v) is 4.57. The van der Waals surface area contributed by atoms with Crippen LogP contribution in [0.15, 0.2) is 18.9 Å². The fourth-order valence-corrected chi connectivity index (χ4v) is 0.691. The van der Waals surface area contributed by atoms with E-state index in [0.29, 0.717) is 5.65 Å². The average molecular weight is 121 g/mol. The van der Waals surface area contributed by atoms with Gasteiger partial charge in [0.05, 0.1) is 12.5 Å². The van der Waals surface area contributed by atoms with Gasteiger partial charge in [-0.25, -0.2) is 15.0 Å². The number of nitrogens with zero attached hydrogens (tertiary/aromatic N) is 3. The first-order valence-electron chi connectivity index (χ1n) is 2.56. The van der Waals surface area contributed by atoms with E-state index in [1.54, 1.807) is 12.5 Å². The molecule has 0 amide bonds. The van der Waals surface area contributed by atoms with Crippen molar-refractivity contribution in [2.45, 2.75) is 0 Å². The van der Waals surface area contributed by atoms with Crippen LogP contribution in [-0.2, 0) is 0 Å². The van der Waals surface area contributed by atoms with Crippen LogP contribution >= 0.6 is 0 Å². The molecule has 0 atom stereocenters. The Morgan fingerprint density at radius 3 is 3.22 bits per heavy atom. The van der Waals surface area contributed by atoms with Crippen LogP contribution in [0, 0.1) is 0 Å². The van der Waals surface area contributed by atoms with Crippen molar-refractivity contribution in [1.29, 1.82) is 0 Å². The molecule has 0 saturated carbocycles. The van der Waals surface area contributed by atoms with Gasteiger partial charge in [0.2, 0.25) is 0 Å². The molecule has 0 aliphatic heterocycles. The second-order valence-electron chi connectivity index (χ2n) is 1.66. The van der Waals surface area contributed by atoms with E-state index in [-0.39, 0.29) is 0 Å². The fourth-order valence-electron chi connectivity index (χ4n) is 0.691. The first kappa shape index (κ1) is 4.43. The Kier molecular flexibility index (Phi) is 0.745. The predicted molar refractivity (Wildman–Crippen MR) is 31.7 cm³/mol. The Morgan fingerprint density at radius 1 is 1.33 bits per heavy atom. The molecular formula is C5H4N4. The summed E-state index contributed by atoms with van der Waals surface area (Å²) in [5.74, 6) is 0. The van der Waals surface area contributed by atoms with Crippen molar-refractivity contribution >= 4 is 11.2 Å². The van der Waals surface area contributed by atoms with Crippen LogP contribution < -0.4 is 0 Å². The molecule has 0 spiro atoms. The van der Waals surface area contributed by atoms with Crippen molar-refractivity contribution < 1.29 is 0 Å². The lowest BCUT2D eigenvalue weighted by molar-refractivity contribution is 1.20. The molecule has 0 bridgehead atoms. The molecule has 0 aromatic carbocycles. The second kappa shape index (κ2) is 1.51. The molecule has 0 unspecified atom stereocenters. The van der Waals surface area contributed by atoms with Crippen LogP contribution in [0.25, 0.3) is 11.2 Å². The number of fused-ring (bicyclic) bond motifs is 1. The third-order valence-corrected chi connectivity index (χ3v) is 1.10. The van der Waals surface area contributed by atoms with E-state index >= 15 is 0 Å². The van der Waals surface area contributed by atoms with Crippen LogP contribution in [0.1, 0.15) is 0 Å². The number of aromatic nitrogens is 4. The monoisotopic (exact) mass is 121 g/mol. The maximum Gasteiger partial charge on any atom is 0.180 e. The SMILES string of the molecule is c1ncc2[nH][13cH]nc2n1. The quantitative estimate of drug-likeness (QED) is 0.547. The van der Waals surface area contributed by atoms with Crippen LogP contribution in [0.4, 0.5) is 0 Å². The van der Waals surface area contributed by atoms with Crippen LogP contribution in [0.5, 0.6) is 0 Å². The van der Waals surface area contributed by atoms with Gasteiger partial charge < -0.3 is 4.98 Å². The number of H-pyrrole nitrogens is 1. The smallest absolute Gasteiger partial charge is 0.180 e. The predicted octanol–water partition coefficient (Wildman–Crippen LogP) is 0.353. The van der Waals surface area contributed by atoms with Gasteiger partial charge >= 0.3 is 0 Å². The van der Waals surface area contributed by atoms with E-state index in [1.807, 2.05) is 0 Å². The highest BCUT2D eigenvalue weighted by molar-refractivity contribution is 5.67. The lowest BCUT2D eigenvalue weighted by atomic mass is 10.6. The maximum atomic E-state index is 3.91. The summed E-state index contributed by atoms with van der Waals surface area (Å²) in [6, 6.07) is 0. The normalized spacial score (nSPS) is 10.2. The van der Waals surface area contributed by atoms with Gasteiger partial charge in [0.25, 0.3) is 0 Å². The summed E-state index contributed by atoms with van der Waals surface area (Å²) in [6.45, 7) is 0. The molecule has 2 aromatic heterocycles. The van der Waals surface area contributed by atoms with Gasteiger partial charge in [-0.1, -0.05) is 0 Å². The van der Waals surface area contributed by atoms with Crippen molar-refractivity contribution in [1.82, 2.24) is 19.9 Å². The van der Waals surface area contributed by atoms with Gasteiger partial charge in [0.1, 0.15) is 11.8 Å². The summed E-state index contributed by atoms with van der Waals surface area (Å²) in [5, 5.41) is 0. The van der Waals surface area contributed by atoms with Crippen molar-refractivity contribution in [2.24, 2.45) is 0 Å². The minimum atomic E-state index is 0.713. The maximum absolute atomic E-state index is 3.91. The van der Waals surface area contributed by atoms with Crippen molar-refractivity contribution in [3.63, 3.8) is 0 Å². The summed E-state index contributed by atoms with van der Waals surface area (Å²) in [5.41, 5.74) is 1.59. The van der Waals surface area contributed by atoms with Gasteiger partial charge in [0.15, 0.2) is 5.65 Å². The van der Waals surface area contributed by atoms with E-state index in [9.17, 15) is 0 Å². The number of hydrogen-bond acceptors (Lipinski definition) is 3. The first-order valence-corrected chi connectivity index (χ1v) is 2.56. The Morgan fingerprint density at radius 2 is 2.33 bits per heavy atom. The lowest BCUT2D eigenvalue weighted by Gasteiger charge is -1.80. The van der Waals surface area contributed by atoms with E-state index in [2.05, 4.69) is 19.9 Å². The molecule has 44 valence electrons. The molecular weight excluding hydrogens is 117 g/mol. The molecule has 0 fully saturated rings. The van der Waals surface area contributed by atoms with E-state index in [4.69, 9.17) is 0 Å². The number of imidazole rings is 1. The third-order valence-electron chi connectivity index (χ3n) is 1.10. The topological polar surface area (TPSA) is 54.5 Å². The van der Waals surface area contributed by atoms with E-state index in [1.165, 1.54) is 6.33 Å². The van der Waals surface area contributed by atoms with E-state index < -0.39 is 0 Å². The van der Waals surface area contributed by atoms with Gasteiger partial charge in [-0.2, -0.15) is 0 Å². The number of hydrogen-bond donors (Lipinski definition) is 1. The molecule has 4 heteroatoms. The van der Waals surface area contributed by atoms with E-state index in [0.717, 1.165) is 5.52 Å². The van der Waals surface area contributed by atoms with Crippen molar-refractivity contribution in [2.75, 3.05) is 0 Å². The van der Waals surface area contributed by atoms with Crippen molar-refractivity contribution in [3.05, 3.63) is 18.9 Å².